The largest absolute Gasteiger partial charge is 0.375 e. The molecule has 2 saturated heterocycles. The van der Waals surface area contributed by atoms with E-state index >= 15 is 0 Å². The van der Waals surface area contributed by atoms with E-state index in [0.29, 0.717) is 6.04 Å². The van der Waals surface area contributed by atoms with Crippen molar-refractivity contribution >= 4 is 0 Å². The zero-order valence-corrected chi connectivity index (χ0v) is 15.3. The van der Waals surface area contributed by atoms with Crippen LogP contribution in [0.1, 0.15) is 42.4 Å². The predicted molar refractivity (Wildman–Crippen MR) is 95.8 cm³/mol. The minimum Gasteiger partial charge on any atom is -0.375 e. The standard InChI is InChI=1S/C20H32N2O/c1-16-6-5-7-17(2)19(16)15-22-11-9-20(10-12-22)14-18(21(3)4)8-13-23-20/h5-7,18H,8-15H2,1-4H3. The molecule has 0 amide bonds. The van der Waals surface area contributed by atoms with Crippen LogP contribution in [0, 0.1) is 13.8 Å². The summed E-state index contributed by atoms with van der Waals surface area (Å²) in [7, 11) is 4.42. The summed E-state index contributed by atoms with van der Waals surface area (Å²) in [5.41, 5.74) is 4.50. The molecule has 3 nitrogen and oxygen atoms in total. The van der Waals surface area contributed by atoms with Gasteiger partial charge in [0.1, 0.15) is 0 Å². The number of rotatable bonds is 3. The van der Waals surface area contributed by atoms with Crippen LogP contribution in [0.15, 0.2) is 18.2 Å². The van der Waals surface area contributed by atoms with Gasteiger partial charge in [0.25, 0.3) is 0 Å². The molecule has 0 aliphatic carbocycles. The van der Waals surface area contributed by atoms with E-state index in [0.717, 1.165) is 26.2 Å². The lowest BCUT2D eigenvalue weighted by Gasteiger charge is -2.47. The van der Waals surface area contributed by atoms with Gasteiger partial charge in [-0.05, 0) is 70.3 Å². The van der Waals surface area contributed by atoms with Crippen LogP contribution < -0.4 is 0 Å². The second kappa shape index (κ2) is 6.92. The third-order valence-electron chi connectivity index (χ3n) is 5.99. The smallest absolute Gasteiger partial charge is 0.0721 e. The fraction of sp³-hybridized carbons (Fsp3) is 0.700. The van der Waals surface area contributed by atoms with Gasteiger partial charge >= 0.3 is 0 Å². The minimum atomic E-state index is 0.143. The topological polar surface area (TPSA) is 15.7 Å². The lowest BCUT2D eigenvalue weighted by Crippen LogP contribution is -2.52. The maximum absolute atomic E-state index is 6.28. The van der Waals surface area contributed by atoms with Crippen LogP contribution in [-0.4, -0.2) is 55.2 Å². The van der Waals surface area contributed by atoms with Crippen LogP contribution in [-0.2, 0) is 11.3 Å². The Hall–Kier alpha value is -0.900. The van der Waals surface area contributed by atoms with Gasteiger partial charge in [-0.1, -0.05) is 18.2 Å². The molecule has 1 unspecified atom stereocenters. The Labute approximate surface area is 141 Å². The molecule has 2 aliphatic rings. The lowest BCUT2D eigenvalue weighted by molar-refractivity contribution is -0.130. The summed E-state index contributed by atoms with van der Waals surface area (Å²) < 4.78 is 6.28. The second-order valence-electron chi connectivity index (χ2n) is 7.79. The van der Waals surface area contributed by atoms with Crippen LogP contribution >= 0.6 is 0 Å². The zero-order valence-electron chi connectivity index (χ0n) is 15.3. The number of benzene rings is 1. The molecular formula is C20H32N2O. The summed E-state index contributed by atoms with van der Waals surface area (Å²) in [6, 6.07) is 7.32. The van der Waals surface area contributed by atoms with Crippen LogP contribution in [0.3, 0.4) is 0 Å². The van der Waals surface area contributed by atoms with Gasteiger partial charge in [-0.15, -0.1) is 0 Å². The van der Waals surface area contributed by atoms with Gasteiger partial charge in [0.05, 0.1) is 5.60 Å². The molecule has 0 radical (unpaired) electrons. The third kappa shape index (κ3) is 3.78. The SMILES string of the molecule is Cc1cccc(C)c1CN1CCC2(CC1)CC(N(C)C)CCO2. The minimum absolute atomic E-state index is 0.143. The molecule has 0 N–H and O–H groups in total. The predicted octanol–water partition coefficient (Wildman–Crippen LogP) is 3.38. The summed E-state index contributed by atoms with van der Waals surface area (Å²) in [5, 5.41) is 0. The summed E-state index contributed by atoms with van der Waals surface area (Å²) in [4.78, 5) is 5.00. The van der Waals surface area contributed by atoms with Crippen LogP contribution in [0.4, 0.5) is 0 Å². The van der Waals surface area contributed by atoms with Crippen molar-refractivity contribution in [2.45, 2.75) is 57.7 Å². The van der Waals surface area contributed by atoms with Gasteiger partial charge in [-0.3, -0.25) is 4.90 Å². The quantitative estimate of drug-likeness (QED) is 0.850. The van der Waals surface area contributed by atoms with Crippen molar-refractivity contribution in [2.75, 3.05) is 33.8 Å². The molecule has 1 spiro atoms. The highest BCUT2D eigenvalue weighted by Crippen LogP contribution is 2.36. The third-order valence-corrected chi connectivity index (χ3v) is 5.99. The van der Waals surface area contributed by atoms with Crippen molar-refractivity contribution in [2.24, 2.45) is 0 Å². The van der Waals surface area contributed by atoms with E-state index in [9.17, 15) is 0 Å². The number of ether oxygens (including phenoxy) is 1. The first-order valence-electron chi connectivity index (χ1n) is 9.07. The van der Waals surface area contributed by atoms with E-state index in [1.165, 1.54) is 42.4 Å². The van der Waals surface area contributed by atoms with Crippen molar-refractivity contribution in [1.29, 1.82) is 0 Å². The van der Waals surface area contributed by atoms with E-state index in [2.05, 4.69) is 55.9 Å². The molecule has 2 fully saturated rings. The van der Waals surface area contributed by atoms with Gasteiger partial charge in [0, 0.05) is 32.3 Å². The van der Waals surface area contributed by atoms with E-state index in [-0.39, 0.29) is 5.60 Å². The number of aryl methyl sites for hydroxylation is 2. The number of nitrogens with zero attached hydrogens (tertiary/aromatic N) is 2. The average molecular weight is 316 g/mol. The van der Waals surface area contributed by atoms with Gasteiger partial charge in [-0.25, -0.2) is 0 Å². The maximum Gasteiger partial charge on any atom is 0.0721 e. The molecule has 2 heterocycles. The van der Waals surface area contributed by atoms with Crippen molar-refractivity contribution < 1.29 is 4.74 Å². The molecular weight excluding hydrogens is 284 g/mol. The molecule has 3 heteroatoms. The zero-order chi connectivity index (χ0) is 16.4. The van der Waals surface area contributed by atoms with Gasteiger partial charge in [0.2, 0.25) is 0 Å². The Morgan fingerprint density at radius 1 is 1.17 bits per heavy atom. The molecule has 2 aliphatic heterocycles. The molecule has 23 heavy (non-hydrogen) atoms. The number of hydrogen-bond acceptors (Lipinski definition) is 3. The fourth-order valence-corrected chi connectivity index (χ4v) is 4.23. The molecule has 1 aromatic rings. The number of piperidine rings is 1. The van der Waals surface area contributed by atoms with E-state index in [1.54, 1.807) is 0 Å². The fourth-order valence-electron chi connectivity index (χ4n) is 4.23. The maximum atomic E-state index is 6.28. The normalized spacial score (nSPS) is 25.2. The highest BCUT2D eigenvalue weighted by molar-refractivity contribution is 5.33. The Kier molecular flexibility index (Phi) is 5.10. The van der Waals surface area contributed by atoms with Crippen LogP contribution in [0.25, 0.3) is 0 Å². The average Bonchev–Trinajstić information content (AvgIpc) is 2.53. The summed E-state index contributed by atoms with van der Waals surface area (Å²) >= 11 is 0. The first kappa shape index (κ1) is 16.9. The van der Waals surface area contributed by atoms with Crippen LogP contribution in [0.5, 0.6) is 0 Å². The molecule has 1 atom stereocenters. The van der Waals surface area contributed by atoms with Crippen molar-refractivity contribution in [3.05, 3.63) is 34.9 Å². The lowest BCUT2D eigenvalue weighted by atomic mass is 9.82. The van der Waals surface area contributed by atoms with E-state index in [4.69, 9.17) is 4.74 Å². The van der Waals surface area contributed by atoms with Crippen molar-refractivity contribution in [3.8, 4) is 0 Å². The van der Waals surface area contributed by atoms with E-state index in [1.807, 2.05) is 0 Å². The Morgan fingerprint density at radius 3 is 2.43 bits per heavy atom. The Balaban J connectivity index is 1.60. The number of hydrogen-bond donors (Lipinski definition) is 0. The van der Waals surface area contributed by atoms with Gasteiger partial charge < -0.3 is 9.64 Å². The first-order chi connectivity index (χ1) is 11.0. The summed E-state index contributed by atoms with van der Waals surface area (Å²) in [6.45, 7) is 8.81. The Bertz CT molecular complexity index is 512. The van der Waals surface area contributed by atoms with Crippen molar-refractivity contribution in [3.63, 3.8) is 0 Å². The molecule has 0 bridgehead atoms. The molecule has 3 rings (SSSR count). The van der Waals surface area contributed by atoms with E-state index < -0.39 is 0 Å². The molecule has 128 valence electrons. The summed E-state index contributed by atoms with van der Waals surface area (Å²) in [6.07, 6.45) is 4.75. The molecule has 1 aromatic carbocycles. The second-order valence-corrected chi connectivity index (χ2v) is 7.79. The van der Waals surface area contributed by atoms with Crippen LogP contribution in [0.2, 0.25) is 0 Å². The highest BCUT2D eigenvalue weighted by Gasteiger charge is 2.40. The van der Waals surface area contributed by atoms with Gasteiger partial charge in [0.15, 0.2) is 0 Å². The Morgan fingerprint density at radius 2 is 1.83 bits per heavy atom. The molecule has 0 saturated carbocycles. The highest BCUT2D eigenvalue weighted by atomic mass is 16.5. The number of likely N-dealkylation sites (tertiary alicyclic amines) is 1. The molecule has 0 aromatic heterocycles. The first-order valence-corrected chi connectivity index (χ1v) is 9.07. The van der Waals surface area contributed by atoms with Crippen molar-refractivity contribution in [1.82, 2.24) is 9.80 Å². The monoisotopic (exact) mass is 316 g/mol. The summed E-state index contributed by atoms with van der Waals surface area (Å²) in [5.74, 6) is 0. The van der Waals surface area contributed by atoms with Gasteiger partial charge in [-0.2, -0.15) is 0 Å².